The number of rotatable bonds is 4. The molecule has 3 nitrogen and oxygen atoms in total. The second kappa shape index (κ2) is 4.40. The van der Waals surface area contributed by atoms with Gasteiger partial charge < -0.3 is 5.11 Å². The van der Waals surface area contributed by atoms with Crippen LogP contribution in [0, 0.1) is 0 Å². The molecule has 0 aromatic heterocycles. The van der Waals surface area contributed by atoms with Crippen molar-refractivity contribution in [1.82, 2.24) is 0 Å². The Hall–Kier alpha value is -1.64. The first-order chi connectivity index (χ1) is 6.20. The van der Waals surface area contributed by atoms with Crippen LogP contribution in [-0.4, -0.2) is 16.9 Å². The summed E-state index contributed by atoms with van der Waals surface area (Å²) in [6.45, 7) is 0. The summed E-state index contributed by atoms with van der Waals surface area (Å²) in [5.74, 6) is -2.08. The van der Waals surface area contributed by atoms with Crippen molar-refractivity contribution >= 4 is 11.8 Å². The number of aliphatic carboxylic acids is 1. The molecule has 13 heavy (non-hydrogen) atoms. The minimum Gasteiger partial charge on any atom is -0.476 e. The topological polar surface area (TPSA) is 54.4 Å². The van der Waals surface area contributed by atoms with E-state index in [1.165, 1.54) is 0 Å². The van der Waals surface area contributed by atoms with E-state index in [1.807, 2.05) is 30.3 Å². The Balaban J connectivity index is 2.44. The highest BCUT2D eigenvalue weighted by molar-refractivity contribution is 6.32. The van der Waals surface area contributed by atoms with E-state index >= 15 is 0 Å². The smallest absolute Gasteiger partial charge is 0.372 e. The summed E-state index contributed by atoms with van der Waals surface area (Å²) >= 11 is 0. The molecule has 0 spiro atoms. The van der Waals surface area contributed by atoms with Crippen molar-refractivity contribution in [2.24, 2.45) is 0 Å². The van der Waals surface area contributed by atoms with Gasteiger partial charge in [0.15, 0.2) is 0 Å². The highest BCUT2D eigenvalue weighted by Gasteiger charge is 2.10. The van der Waals surface area contributed by atoms with Gasteiger partial charge in [0, 0.05) is 6.42 Å². The zero-order valence-electron chi connectivity index (χ0n) is 7.06. The van der Waals surface area contributed by atoms with E-state index in [2.05, 4.69) is 0 Å². The number of carboxylic acid groups (broad SMARTS) is 1. The van der Waals surface area contributed by atoms with Gasteiger partial charge in [-0.1, -0.05) is 30.3 Å². The lowest BCUT2D eigenvalue weighted by molar-refractivity contribution is -0.149. The van der Waals surface area contributed by atoms with Gasteiger partial charge in [0.1, 0.15) is 0 Å². The maximum Gasteiger partial charge on any atom is 0.372 e. The quantitative estimate of drug-likeness (QED) is 0.559. The molecule has 0 atom stereocenters. The fourth-order valence-electron chi connectivity index (χ4n) is 1.01. The third-order valence-corrected chi connectivity index (χ3v) is 1.72. The third kappa shape index (κ3) is 3.07. The van der Waals surface area contributed by atoms with Crippen molar-refractivity contribution in [3.8, 4) is 0 Å². The van der Waals surface area contributed by atoms with Crippen LogP contribution in [0.3, 0.4) is 0 Å². The number of hydrogen-bond acceptors (Lipinski definition) is 2. The minimum atomic E-state index is -1.35. The van der Waals surface area contributed by atoms with Crippen molar-refractivity contribution in [2.45, 2.75) is 12.8 Å². The minimum absolute atomic E-state index is 0.0688. The Morgan fingerprint density at radius 2 is 1.77 bits per heavy atom. The molecule has 1 aromatic rings. The van der Waals surface area contributed by atoms with E-state index < -0.39 is 11.8 Å². The molecular weight excluding hydrogens is 169 g/mol. The summed E-state index contributed by atoms with van der Waals surface area (Å²) in [5.41, 5.74) is 0.983. The van der Waals surface area contributed by atoms with Crippen molar-refractivity contribution in [3.05, 3.63) is 35.9 Å². The lowest BCUT2D eigenvalue weighted by Crippen LogP contribution is -2.12. The monoisotopic (exact) mass is 179 g/mol. The Bertz CT molecular complexity index is 303. The number of benzene rings is 1. The molecule has 0 fully saturated rings. The van der Waals surface area contributed by atoms with E-state index in [1.54, 1.807) is 0 Å². The van der Waals surface area contributed by atoms with Gasteiger partial charge in [-0.15, -0.1) is 0 Å². The van der Waals surface area contributed by atoms with Crippen molar-refractivity contribution in [1.29, 1.82) is 0 Å². The fourth-order valence-corrected chi connectivity index (χ4v) is 1.01. The molecule has 1 aromatic carbocycles. The van der Waals surface area contributed by atoms with Crippen LogP contribution in [0.25, 0.3) is 0 Å². The van der Waals surface area contributed by atoms with Crippen LogP contribution in [0.1, 0.15) is 12.0 Å². The predicted molar refractivity (Wildman–Crippen MR) is 47.4 cm³/mol. The predicted octanol–water partition coefficient (Wildman–Crippen LogP) is 1.27. The van der Waals surface area contributed by atoms with Gasteiger partial charge in [-0.2, -0.15) is 0 Å². The number of Topliss-reactive ketones (excluding diaryl/α,β-unsaturated/α-hetero) is 1. The lowest BCUT2D eigenvalue weighted by atomic mass is 10.1. The average Bonchev–Trinajstić information content (AvgIpc) is 2.15. The summed E-state index contributed by atoms with van der Waals surface area (Å²) in [7, 11) is 0. The molecule has 1 rings (SSSR count). The largest absolute Gasteiger partial charge is 0.476 e. The van der Waals surface area contributed by atoms with E-state index in [0.717, 1.165) is 5.56 Å². The van der Waals surface area contributed by atoms with Gasteiger partial charge >= 0.3 is 5.97 Å². The van der Waals surface area contributed by atoms with Crippen molar-refractivity contribution in [3.63, 3.8) is 0 Å². The van der Waals surface area contributed by atoms with Crippen LogP contribution in [0.5, 0.6) is 0 Å². The fraction of sp³-hybridized carbons (Fsp3) is 0.200. The number of hydrogen-bond donors (Lipinski definition) is 1. The van der Waals surface area contributed by atoms with Crippen molar-refractivity contribution < 1.29 is 14.7 Å². The van der Waals surface area contributed by atoms with Gasteiger partial charge in [0.25, 0.3) is 0 Å². The summed E-state index contributed by atoms with van der Waals surface area (Å²) < 4.78 is 0. The molecule has 1 N–H and O–H groups in total. The van der Waals surface area contributed by atoms with Crippen LogP contribution in [-0.2, 0) is 16.0 Å². The van der Waals surface area contributed by atoms with Gasteiger partial charge in [-0.3, -0.25) is 4.79 Å². The molecule has 3 heteroatoms. The first-order valence-electron chi connectivity index (χ1n) is 4.00. The second-order valence-electron chi connectivity index (χ2n) is 2.71. The molecule has 0 amide bonds. The summed E-state index contributed by atoms with van der Waals surface area (Å²) in [5, 5.41) is 8.31. The van der Waals surface area contributed by atoms with E-state index in [4.69, 9.17) is 5.11 Å². The van der Waals surface area contributed by atoms with E-state index in [0.29, 0.717) is 6.42 Å². The number of ketones is 1. The maximum atomic E-state index is 10.7. The zero-order valence-corrected chi connectivity index (χ0v) is 7.06. The standard InChI is InChI=1S/C10H10O3/c11-9(10(12)13)7-6-8-4-2-1-3-5-8/h1-5H,6-7H2,(H,12,13)/i10+1. The Kier molecular flexibility index (Phi) is 3.20. The molecule has 0 unspecified atom stereocenters. The highest BCUT2D eigenvalue weighted by atomic mass is 16.5. The first-order valence-corrected chi connectivity index (χ1v) is 4.00. The SMILES string of the molecule is O=C(CCc1ccccc1)[13C](=O)O. The zero-order chi connectivity index (χ0) is 9.68. The Morgan fingerprint density at radius 3 is 2.31 bits per heavy atom. The third-order valence-electron chi connectivity index (χ3n) is 1.72. The molecule has 0 aliphatic rings. The molecule has 0 saturated carbocycles. The molecular formula is C10H10O3. The van der Waals surface area contributed by atoms with Gasteiger partial charge in [0.05, 0.1) is 0 Å². The molecule has 0 aliphatic heterocycles. The number of carbonyl (C=O) groups excluding carboxylic acids is 1. The summed E-state index contributed by atoms with van der Waals surface area (Å²) in [4.78, 5) is 20.9. The normalized spacial score (nSPS) is 9.54. The van der Waals surface area contributed by atoms with Crippen LogP contribution >= 0.6 is 0 Å². The van der Waals surface area contributed by atoms with E-state index in [-0.39, 0.29) is 6.42 Å². The van der Waals surface area contributed by atoms with Crippen LogP contribution in [0.4, 0.5) is 0 Å². The van der Waals surface area contributed by atoms with Crippen LogP contribution in [0.15, 0.2) is 30.3 Å². The summed E-state index contributed by atoms with van der Waals surface area (Å²) in [6.07, 6.45) is 0.561. The average molecular weight is 179 g/mol. The number of carboxylic acids is 1. The first kappa shape index (κ1) is 9.45. The highest BCUT2D eigenvalue weighted by Crippen LogP contribution is 2.02. The van der Waals surface area contributed by atoms with Crippen LogP contribution < -0.4 is 0 Å². The van der Waals surface area contributed by atoms with Crippen molar-refractivity contribution in [2.75, 3.05) is 0 Å². The van der Waals surface area contributed by atoms with Gasteiger partial charge in [-0.25, -0.2) is 4.79 Å². The molecule has 0 bridgehead atoms. The second-order valence-corrected chi connectivity index (χ2v) is 2.71. The Labute approximate surface area is 76.0 Å². The lowest BCUT2D eigenvalue weighted by Gasteiger charge is -1.97. The molecule has 0 radical (unpaired) electrons. The molecule has 0 aliphatic carbocycles. The molecule has 0 saturated heterocycles. The number of aryl methyl sites for hydroxylation is 1. The molecule has 68 valence electrons. The number of carbonyl (C=O) groups is 2. The maximum absolute atomic E-state index is 10.7. The summed E-state index contributed by atoms with van der Waals surface area (Å²) in [6, 6.07) is 9.34. The Morgan fingerprint density at radius 1 is 1.15 bits per heavy atom. The van der Waals surface area contributed by atoms with Gasteiger partial charge in [0.2, 0.25) is 5.78 Å². The van der Waals surface area contributed by atoms with E-state index in [9.17, 15) is 9.59 Å². The van der Waals surface area contributed by atoms with Gasteiger partial charge in [-0.05, 0) is 12.0 Å². The molecule has 0 heterocycles. The van der Waals surface area contributed by atoms with Crippen LogP contribution in [0.2, 0.25) is 0 Å².